The molecule has 0 fully saturated rings. The quantitative estimate of drug-likeness (QED) is 0.705. The lowest BCUT2D eigenvalue weighted by Crippen LogP contribution is -2.42. The molecule has 1 amide bonds. The molecule has 0 aliphatic heterocycles. The number of rotatable bonds is 7. The van der Waals surface area contributed by atoms with Crippen LogP contribution < -0.4 is 10.1 Å². The smallest absolute Gasteiger partial charge is 0.267 e. The van der Waals surface area contributed by atoms with Crippen molar-refractivity contribution in [2.45, 2.75) is 24.3 Å². The van der Waals surface area contributed by atoms with Gasteiger partial charge < -0.3 is 10.1 Å². The van der Waals surface area contributed by atoms with Gasteiger partial charge in [0, 0.05) is 17.8 Å². The molecule has 146 valence electrons. The third-order valence-corrected chi connectivity index (χ3v) is 5.69. The lowest BCUT2D eigenvalue weighted by atomic mass is 10.1. The van der Waals surface area contributed by atoms with Gasteiger partial charge in [0.1, 0.15) is 5.75 Å². The van der Waals surface area contributed by atoms with E-state index in [9.17, 15) is 13.2 Å². The summed E-state index contributed by atoms with van der Waals surface area (Å²) in [4.78, 5) is 17.3. The number of benzene rings is 2. The van der Waals surface area contributed by atoms with Crippen molar-refractivity contribution in [2.24, 2.45) is 0 Å². The van der Waals surface area contributed by atoms with Crippen LogP contribution in [-0.4, -0.2) is 38.6 Å². The van der Waals surface area contributed by atoms with Crippen LogP contribution in [0.3, 0.4) is 0 Å². The summed E-state index contributed by atoms with van der Waals surface area (Å²) in [6, 6.07) is 12.4. The fourth-order valence-electron chi connectivity index (χ4n) is 2.08. The zero-order valence-electron chi connectivity index (χ0n) is 15.4. The number of hydroxylamine groups is 1. The second-order valence-electron chi connectivity index (χ2n) is 6.14. The van der Waals surface area contributed by atoms with Crippen LogP contribution in [0.15, 0.2) is 53.4 Å². The van der Waals surface area contributed by atoms with Gasteiger partial charge in [0.05, 0.1) is 12.0 Å². The molecule has 0 atom stereocenters. The van der Waals surface area contributed by atoms with E-state index in [1.807, 2.05) is 0 Å². The van der Waals surface area contributed by atoms with Gasteiger partial charge in [-0.25, -0.2) is 8.42 Å². The van der Waals surface area contributed by atoms with Gasteiger partial charge in [-0.2, -0.15) is 0 Å². The van der Waals surface area contributed by atoms with Crippen LogP contribution in [0.2, 0.25) is 5.02 Å². The molecule has 0 aliphatic rings. The van der Waals surface area contributed by atoms with Crippen LogP contribution >= 0.6 is 11.6 Å². The normalized spacial score (nSPS) is 12.1. The Labute approximate surface area is 163 Å². The second kappa shape index (κ2) is 8.26. The molecule has 2 aromatic carbocycles. The molecule has 1 N–H and O–H groups in total. The third kappa shape index (κ3) is 5.20. The average Bonchev–Trinajstić information content (AvgIpc) is 2.63. The number of hydrogen-bond donors (Lipinski definition) is 1. The number of amides is 1. The maximum atomic E-state index is 12.5. The molecule has 0 bridgehead atoms. The summed E-state index contributed by atoms with van der Waals surface area (Å²) in [5.41, 5.74) is -0.721. The first-order valence-corrected chi connectivity index (χ1v) is 9.77. The zero-order chi connectivity index (χ0) is 20.2. The lowest BCUT2D eigenvalue weighted by molar-refractivity contribution is -0.128. The molecule has 0 unspecified atom stereocenters. The highest BCUT2D eigenvalue weighted by atomic mass is 35.5. The topological polar surface area (TPSA) is 84.9 Å². The van der Waals surface area contributed by atoms with Gasteiger partial charge in [-0.1, -0.05) is 16.1 Å². The number of carbonyl (C=O) groups is 1. The number of hydrogen-bond acceptors (Lipinski definition) is 5. The van der Waals surface area contributed by atoms with Crippen molar-refractivity contribution in [3.63, 3.8) is 0 Å². The predicted molar refractivity (Wildman–Crippen MR) is 103 cm³/mol. The summed E-state index contributed by atoms with van der Waals surface area (Å²) in [7, 11) is -1.19. The van der Waals surface area contributed by atoms with E-state index in [0.717, 1.165) is 4.47 Å². The van der Waals surface area contributed by atoms with Gasteiger partial charge in [0.15, 0.2) is 5.60 Å². The molecule has 0 aromatic heterocycles. The first-order valence-electron chi connectivity index (χ1n) is 7.95. The standard InChI is InChI=1S/C18H21ClN2O5S/c1-18(2,26-15-9-5-13(19)6-10-15)17(22)20-14-7-11-16(12-8-14)27(23,24)21(3)25-4/h5-12H,1-4H3,(H,20,22). The molecule has 2 rings (SSSR count). The summed E-state index contributed by atoms with van der Waals surface area (Å²) in [6.45, 7) is 3.26. The number of nitrogens with zero attached hydrogens (tertiary/aromatic N) is 1. The average molecular weight is 413 g/mol. The predicted octanol–water partition coefficient (Wildman–Crippen LogP) is 3.32. The van der Waals surface area contributed by atoms with E-state index in [2.05, 4.69) is 5.32 Å². The maximum absolute atomic E-state index is 12.5. The number of nitrogens with one attached hydrogen (secondary N) is 1. The highest BCUT2D eigenvalue weighted by molar-refractivity contribution is 7.89. The molecule has 9 heteroatoms. The summed E-state index contributed by atoms with van der Waals surface area (Å²) in [5.74, 6) is 0.116. The van der Waals surface area contributed by atoms with Crippen LogP contribution in [0.4, 0.5) is 5.69 Å². The van der Waals surface area contributed by atoms with Gasteiger partial charge in [-0.15, -0.1) is 0 Å². The SMILES string of the molecule is CON(C)S(=O)(=O)c1ccc(NC(=O)C(C)(C)Oc2ccc(Cl)cc2)cc1. The molecule has 2 aromatic rings. The van der Waals surface area contributed by atoms with E-state index in [-0.39, 0.29) is 10.8 Å². The van der Waals surface area contributed by atoms with Crippen molar-refractivity contribution in [1.82, 2.24) is 4.47 Å². The fourth-order valence-corrected chi connectivity index (χ4v) is 3.18. The fraction of sp³-hybridized carbons (Fsp3) is 0.278. The molecule has 27 heavy (non-hydrogen) atoms. The highest BCUT2D eigenvalue weighted by Crippen LogP contribution is 2.23. The van der Waals surface area contributed by atoms with Crippen LogP contribution in [0.25, 0.3) is 0 Å². The van der Waals surface area contributed by atoms with Crippen molar-refractivity contribution >= 4 is 33.2 Å². The maximum Gasteiger partial charge on any atom is 0.267 e. The Kier molecular flexibility index (Phi) is 6.48. The molecule has 7 nitrogen and oxygen atoms in total. The highest BCUT2D eigenvalue weighted by Gasteiger charge is 2.30. The van der Waals surface area contributed by atoms with Gasteiger partial charge in [-0.3, -0.25) is 9.63 Å². The Morgan fingerprint density at radius 3 is 2.15 bits per heavy atom. The van der Waals surface area contributed by atoms with E-state index in [4.69, 9.17) is 21.2 Å². The molecule has 0 spiro atoms. The number of anilines is 1. The van der Waals surface area contributed by atoms with Crippen LogP contribution in [0.5, 0.6) is 5.75 Å². The minimum atomic E-state index is -3.74. The van der Waals surface area contributed by atoms with E-state index in [1.54, 1.807) is 38.1 Å². The number of sulfonamides is 1. The monoisotopic (exact) mass is 412 g/mol. The molecule has 0 heterocycles. The van der Waals surface area contributed by atoms with Gasteiger partial charge in [0.2, 0.25) is 0 Å². The molecule has 0 aliphatic carbocycles. The minimum Gasteiger partial charge on any atom is -0.478 e. The largest absolute Gasteiger partial charge is 0.478 e. The van der Waals surface area contributed by atoms with Crippen LogP contribution in [0, 0.1) is 0 Å². The molecule has 0 saturated heterocycles. The first-order chi connectivity index (χ1) is 12.6. The lowest BCUT2D eigenvalue weighted by Gasteiger charge is -2.25. The van der Waals surface area contributed by atoms with E-state index in [1.165, 1.54) is 38.4 Å². The number of ether oxygens (including phenoxy) is 1. The van der Waals surface area contributed by atoms with Gasteiger partial charge in [0.25, 0.3) is 15.9 Å². The number of halogens is 1. The van der Waals surface area contributed by atoms with Crippen molar-refractivity contribution in [3.8, 4) is 5.75 Å². The van der Waals surface area contributed by atoms with E-state index >= 15 is 0 Å². The van der Waals surface area contributed by atoms with E-state index < -0.39 is 15.6 Å². The van der Waals surface area contributed by atoms with Crippen molar-refractivity contribution in [1.29, 1.82) is 0 Å². The molecule has 0 radical (unpaired) electrons. The van der Waals surface area contributed by atoms with Gasteiger partial charge in [-0.05, 0) is 62.4 Å². The Bertz CT molecular complexity index is 896. The first kappa shape index (κ1) is 21.2. The second-order valence-corrected chi connectivity index (χ2v) is 8.51. The van der Waals surface area contributed by atoms with Crippen molar-refractivity contribution in [2.75, 3.05) is 19.5 Å². The van der Waals surface area contributed by atoms with Crippen LogP contribution in [0.1, 0.15) is 13.8 Å². The van der Waals surface area contributed by atoms with Crippen LogP contribution in [-0.2, 0) is 19.7 Å². The molecule has 0 saturated carbocycles. The summed E-state index contributed by atoms with van der Waals surface area (Å²) < 4.78 is 30.8. The van der Waals surface area contributed by atoms with E-state index in [0.29, 0.717) is 16.5 Å². The molecular formula is C18H21ClN2O5S. The van der Waals surface area contributed by atoms with Crippen molar-refractivity contribution < 1.29 is 22.8 Å². The summed E-state index contributed by atoms with van der Waals surface area (Å²) in [5, 5.41) is 3.27. The Balaban J connectivity index is 2.09. The Hall–Kier alpha value is -2.13. The van der Waals surface area contributed by atoms with Gasteiger partial charge >= 0.3 is 0 Å². The summed E-state index contributed by atoms with van der Waals surface area (Å²) >= 11 is 5.84. The third-order valence-electron chi connectivity index (χ3n) is 3.74. The minimum absolute atomic E-state index is 0.0431. The Morgan fingerprint density at radius 1 is 1.07 bits per heavy atom. The summed E-state index contributed by atoms with van der Waals surface area (Å²) in [6.07, 6.45) is 0. The number of carbonyl (C=O) groups excluding carboxylic acids is 1. The Morgan fingerprint density at radius 2 is 1.63 bits per heavy atom. The molecular weight excluding hydrogens is 392 g/mol. The zero-order valence-corrected chi connectivity index (χ0v) is 17.0. The van der Waals surface area contributed by atoms with Crippen molar-refractivity contribution in [3.05, 3.63) is 53.6 Å².